The molecule has 0 atom stereocenters. The summed E-state index contributed by atoms with van der Waals surface area (Å²) in [5.41, 5.74) is 1.15. The third-order valence-electron chi connectivity index (χ3n) is 4.11. The Hall–Kier alpha value is -1.66. The zero-order chi connectivity index (χ0) is 16.2. The second-order valence-corrected chi connectivity index (χ2v) is 6.86. The third kappa shape index (κ3) is 4.00. The molecule has 1 aliphatic heterocycles. The summed E-state index contributed by atoms with van der Waals surface area (Å²) < 4.78 is 5.46. The molecule has 0 aromatic carbocycles. The van der Waals surface area contributed by atoms with Crippen LogP contribution in [0.15, 0.2) is 21.9 Å². The van der Waals surface area contributed by atoms with E-state index in [9.17, 15) is 4.79 Å². The molecule has 0 N–H and O–H groups in total. The molecule has 2 aromatic rings. The lowest BCUT2D eigenvalue weighted by molar-refractivity contribution is 0.0728. The predicted molar refractivity (Wildman–Crippen MR) is 90.7 cm³/mol. The molecule has 1 fully saturated rings. The van der Waals surface area contributed by atoms with Crippen molar-refractivity contribution in [3.05, 3.63) is 39.7 Å². The van der Waals surface area contributed by atoms with Crippen LogP contribution in [0, 0.1) is 6.92 Å². The van der Waals surface area contributed by atoms with Crippen molar-refractivity contribution in [2.24, 2.45) is 0 Å². The van der Waals surface area contributed by atoms with Gasteiger partial charge in [0.25, 0.3) is 5.91 Å². The molecule has 1 amide bonds. The average molecular weight is 333 g/mol. The fraction of sp³-hybridized carbons (Fsp3) is 0.529. The molecular weight excluding hydrogens is 310 g/mol. The number of thiazole rings is 1. The SMILES string of the molecule is CCc1nc(CN2CCCN(C(=O)c3ccc(C)o3)CC2)cs1. The minimum Gasteiger partial charge on any atom is -0.456 e. The van der Waals surface area contributed by atoms with Gasteiger partial charge in [-0.1, -0.05) is 6.92 Å². The molecular formula is C17H23N3O2S. The first-order chi connectivity index (χ1) is 11.2. The Morgan fingerprint density at radius 1 is 1.30 bits per heavy atom. The van der Waals surface area contributed by atoms with Crippen LogP contribution in [0.25, 0.3) is 0 Å². The zero-order valence-electron chi connectivity index (χ0n) is 13.7. The summed E-state index contributed by atoms with van der Waals surface area (Å²) in [6.07, 6.45) is 1.98. The Balaban J connectivity index is 1.57. The molecule has 0 radical (unpaired) electrons. The summed E-state index contributed by atoms with van der Waals surface area (Å²) in [7, 11) is 0. The van der Waals surface area contributed by atoms with Crippen molar-refractivity contribution in [3.8, 4) is 0 Å². The van der Waals surface area contributed by atoms with Gasteiger partial charge in [0.05, 0.1) is 10.7 Å². The standard InChI is InChI=1S/C17H23N3O2S/c1-3-16-18-14(12-23-16)11-19-7-4-8-20(10-9-19)17(21)15-6-5-13(2)22-15/h5-6,12H,3-4,7-11H2,1-2H3. The van der Waals surface area contributed by atoms with Crippen molar-refractivity contribution in [3.63, 3.8) is 0 Å². The first-order valence-electron chi connectivity index (χ1n) is 8.17. The van der Waals surface area contributed by atoms with Crippen LogP contribution in [-0.4, -0.2) is 46.9 Å². The van der Waals surface area contributed by atoms with Crippen LogP contribution in [0.4, 0.5) is 0 Å². The van der Waals surface area contributed by atoms with E-state index in [0.29, 0.717) is 5.76 Å². The van der Waals surface area contributed by atoms with Gasteiger partial charge < -0.3 is 9.32 Å². The minimum absolute atomic E-state index is 0.00174. The van der Waals surface area contributed by atoms with E-state index in [1.165, 1.54) is 5.01 Å². The summed E-state index contributed by atoms with van der Waals surface area (Å²) in [6.45, 7) is 8.27. The highest BCUT2D eigenvalue weighted by Gasteiger charge is 2.22. The van der Waals surface area contributed by atoms with Crippen LogP contribution in [-0.2, 0) is 13.0 Å². The van der Waals surface area contributed by atoms with Gasteiger partial charge in [-0.25, -0.2) is 4.98 Å². The molecule has 124 valence electrons. The Bertz CT molecular complexity index is 664. The zero-order valence-corrected chi connectivity index (χ0v) is 14.6. The fourth-order valence-electron chi connectivity index (χ4n) is 2.85. The van der Waals surface area contributed by atoms with Gasteiger partial charge in [0.15, 0.2) is 5.76 Å². The van der Waals surface area contributed by atoms with Crippen molar-refractivity contribution in [2.45, 2.75) is 33.2 Å². The number of amides is 1. The number of furan rings is 1. The highest BCUT2D eigenvalue weighted by atomic mass is 32.1. The molecule has 3 heterocycles. The maximum atomic E-state index is 12.5. The van der Waals surface area contributed by atoms with E-state index in [0.717, 1.165) is 57.0 Å². The van der Waals surface area contributed by atoms with E-state index in [1.807, 2.05) is 17.9 Å². The number of carbonyl (C=O) groups excluding carboxylic acids is 1. The molecule has 2 aromatic heterocycles. The van der Waals surface area contributed by atoms with E-state index >= 15 is 0 Å². The van der Waals surface area contributed by atoms with Crippen molar-refractivity contribution in [1.82, 2.24) is 14.8 Å². The first kappa shape index (κ1) is 16.2. The van der Waals surface area contributed by atoms with Gasteiger partial charge in [-0.05, 0) is 31.9 Å². The number of aromatic nitrogens is 1. The van der Waals surface area contributed by atoms with Gasteiger partial charge >= 0.3 is 0 Å². The quantitative estimate of drug-likeness (QED) is 0.863. The molecule has 23 heavy (non-hydrogen) atoms. The number of carbonyl (C=O) groups is 1. The molecule has 5 nitrogen and oxygen atoms in total. The topological polar surface area (TPSA) is 49.6 Å². The van der Waals surface area contributed by atoms with E-state index in [-0.39, 0.29) is 5.91 Å². The van der Waals surface area contributed by atoms with Crippen molar-refractivity contribution in [2.75, 3.05) is 26.2 Å². The Morgan fingerprint density at radius 2 is 2.17 bits per heavy atom. The summed E-state index contributed by atoms with van der Waals surface area (Å²) in [5, 5.41) is 3.35. The maximum absolute atomic E-state index is 12.5. The molecule has 0 bridgehead atoms. The minimum atomic E-state index is 0.00174. The average Bonchev–Trinajstić information content (AvgIpc) is 3.11. The molecule has 1 saturated heterocycles. The highest BCUT2D eigenvalue weighted by molar-refractivity contribution is 7.09. The van der Waals surface area contributed by atoms with Crippen molar-refractivity contribution in [1.29, 1.82) is 0 Å². The van der Waals surface area contributed by atoms with Gasteiger partial charge in [0.1, 0.15) is 5.76 Å². The predicted octanol–water partition coefficient (Wildman–Crippen LogP) is 2.96. The Labute approximate surface area is 140 Å². The maximum Gasteiger partial charge on any atom is 0.289 e. The smallest absolute Gasteiger partial charge is 0.289 e. The molecule has 0 aliphatic carbocycles. The van der Waals surface area contributed by atoms with Crippen LogP contribution < -0.4 is 0 Å². The number of rotatable bonds is 4. The summed E-state index contributed by atoms with van der Waals surface area (Å²) in [6, 6.07) is 3.60. The molecule has 0 saturated carbocycles. The lowest BCUT2D eigenvalue weighted by Crippen LogP contribution is -2.34. The molecule has 0 spiro atoms. The third-order valence-corrected chi connectivity index (χ3v) is 5.16. The Morgan fingerprint density at radius 3 is 2.87 bits per heavy atom. The number of hydrogen-bond acceptors (Lipinski definition) is 5. The lowest BCUT2D eigenvalue weighted by Gasteiger charge is -2.20. The lowest BCUT2D eigenvalue weighted by atomic mass is 10.3. The largest absolute Gasteiger partial charge is 0.456 e. The van der Waals surface area contributed by atoms with Crippen LogP contribution in [0.3, 0.4) is 0 Å². The van der Waals surface area contributed by atoms with Crippen LogP contribution in [0.1, 0.15) is 40.4 Å². The molecule has 1 aliphatic rings. The summed E-state index contributed by atoms with van der Waals surface area (Å²) in [4.78, 5) is 21.4. The second-order valence-electron chi connectivity index (χ2n) is 5.92. The molecule has 3 rings (SSSR count). The van der Waals surface area contributed by atoms with E-state index in [2.05, 4.69) is 22.2 Å². The summed E-state index contributed by atoms with van der Waals surface area (Å²) >= 11 is 1.73. The van der Waals surface area contributed by atoms with Gasteiger partial charge in [0, 0.05) is 38.1 Å². The van der Waals surface area contributed by atoms with Gasteiger partial charge in [-0.3, -0.25) is 9.69 Å². The van der Waals surface area contributed by atoms with Gasteiger partial charge in [0.2, 0.25) is 0 Å². The molecule has 6 heteroatoms. The van der Waals surface area contributed by atoms with E-state index < -0.39 is 0 Å². The van der Waals surface area contributed by atoms with E-state index in [4.69, 9.17) is 4.42 Å². The highest BCUT2D eigenvalue weighted by Crippen LogP contribution is 2.15. The van der Waals surface area contributed by atoms with Gasteiger partial charge in [-0.15, -0.1) is 11.3 Å². The second kappa shape index (κ2) is 7.27. The number of aryl methyl sites for hydroxylation is 2. The van der Waals surface area contributed by atoms with E-state index in [1.54, 1.807) is 17.4 Å². The first-order valence-corrected chi connectivity index (χ1v) is 9.05. The van der Waals surface area contributed by atoms with Crippen LogP contribution in [0.2, 0.25) is 0 Å². The van der Waals surface area contributed by atoms with Gasteiger partial charge in [-0.2, -0.15) is 0 Å². The molecule has 0 unspecified atom stereocenters. The monoisotopic (exact) mass is 333 g/mol. The summed E-state index contributed by atoms with van der Waals surface area (Å²) in [5.74, 6) is 1.23. The number of nitrogens with zero attached hydrogens (tertiary/aromatic N) is 3. The number of hydrogen-bond donors (Lipinski definition) is 0. The Kier molecular flexibility index (Phi) is 5.13. The van der Waals surface area contributed by atoms with Crippen LogP contribution in [0.5, 0.6) is 0 Å². The fourth-order valence-corrected chi connectivity index (χ4v) is 3.59. The van der Waals surface area contributed by atoms with Crippen molar-refractivity contribution < 1.29 is 9.21 Å². The van der Waals surface area contributed by atoms with Crippen molar-refractivity contribution >= 4 is 17.2 Å². The normalized spacial score (nSPS) is 16.5. The van der Waals surface area contributed by atoms with Crippen LogP contribution >= 0.6 is 11.3 Å².